The molecule has 0 spiro atoms. The van der Waals surface area contributed by atoms with Gasteiger partial charge in [0.25, 0.3) is 0 Å². The van der Waals surface area contributed by atoms with Gasteiger partial charge in [-0.2, -0.15) is 0 Å². The first-order valence-electron chi connectivity index (χ1n) is 2.43. The standard InChI is InChI=1S/C4H9NO3/c1-4(6)2-3-5(7)8/h4,6H,2-3H2,1H3/t4-/m0/s1. The first-order valence-corrected chi connectivity index (χ1v) is 2.43. The summed E-state index contributed by atoms with van der Waals surface area (Å²) < 4.78 is 0. The predicted octanol–water partition coefficient (Wildman–Crippen LogP) is 0.0340. The molecule has 0 aliphatic carbocycles. The van der Waals surface area contributed by atoms with Gasteiger partial charge in [0.15, 0.2) is 0 Å². The van der Waals surface area contributed by atoms with E-state index in [1.807, 2.05) is 0 Å². The molecule has 0 saturated heterocycles. The fourth-order valence-corrected chi connectivity index (χ4v) is 0.292. The maximum Gasteiger partial charge on any atom is 0.206 e. The summed E-state index contributed by atoms with van der Waals surface area (Å²) in [5.41, 5.74) is 0. The molecule has 4 nitrogen and oxygen atoms in total. The topological polar surface area (TPSA) is 63.4 Å². The largest absolute Gasteiger partial charge is 0.393 e. The molecule has 0 rings (SSSR count). The summed E-state index contributed by atoms with van der Waals surface area (Å²) in [4.78, 5) is 9.16. The van der Waals surface area contributed by atoms with Crippen LogP contribution in [0.1, 0.15) is 13.3 Å². The van der Waals surface area contributed by atoms with Crippen LogP contribution in [0.4, 0.5) is 0 Å². The zero-order valence-corrected chi connectivity index (χ0v) is 4.70. The molecule has 0 aromatic carbocycles. The highest BCUT2D eigenvalue weighted by Gasteiger charge is 2.00. The lowest BCUT2D eigenvalue weighted by Gasteiger charge is -1.95. The quantitative estimate of drug-likeness (QED) is 0.421. The molecule has 0 saturated carbocycles. The lowest BCUT2D eigenvalue weighted by atomic mass is 10.3. The van der Waals surface area contributed by atoms with Gasteiger partial charge in [0.05, 0.1) is 6.10 Å². The molecule has 1 N–H and O–H groups in total. The Bertz CT molecular complexity index is 81.4. The molecule has 0 fully saturated rings. The lowest BCUT2D eigenvalue weighted by Crippen LogP contribution is -2.08. The van der Waals surface area contributed by atoms with Crippen LogP contribution in [-0.2, 0) is 0 Å². The van der Waals surface area contributed by atoms with Crippen molar-refractivity contribution in [3.63, 3.8) is 0 Å². The van der Waals surface area contributed by atoms with Crippen LogP contribution >= 0.6 is 0 Å². The van der Waals surface area contributed by atoms with Gasteiger partial charge in [0.1, 0.15) is 0 Å². The molecule has 0 bridgehead atoms. The van der Waals surface area contributed by atoms with Gasteiger partial charge in [-0.25, -0.2) is 0 Å². The SMILES string of the molecule is C[C@H](O)CC[N+](=O)[O-]. The first kappa shape index (κ1) is 7.36. The van der Waals surface area contributed by atoms with Gasteiger partial charge in [0, 0.05) is 11.3 Å². The van der Waals surface area contributed by atoms with Gasteiger partial charge < -0.3 is 5.11 Å². The van der Waals surface area contributed by atoms with Crippen molar-refractivity contribution in [1.82, 2.24) is 0 Å². The van der Waals surface area contributed by atoms with Crippen LogP contribution in [0.25, 0.3) is 0 Å². The molecule has 0 aromatic heterocycles. The summed E-state index contributed by atoms with van der Waals surface area (Å²) in [6.45, 7) is 1.39. The van der Waals surface area contributed by atoms with Crippen LogP contribution in [-0.4, -0.2) is 22.7 Å². The third-order valence-electron chi connectivity index (χ3n) is 0.729. The van der Waals surface area contributed by atoms with Crippen molar-refractivity contribution in [3.05, 3.63) is 10.1 Å². The maximum absolute atomic E-state index is 9.60. The molecule has 0 amide bonds. The van der Waals surface area contributed by atoms with Gasteiger partial charge in [-0.3, -0.25) is 10.1 Å². The second-order valence-electron chi connectivity index (χ2n) is 1.69. The van der Waals surface area contributed by atoms with Gasteiger partial charge in [0.2, 0.25) is 6.54 Å². The first-order chi connectivity index (χ1) is 3.63. The van der Waals surface area contributed by atoms with E-state index in [0.717, 1.165) is 0 Å². The highest BCUT2D eigenvalue weighted by molar-refractivity contribution is 4.42. The van der Waals surface area contributed by atoms with E-state index in [2.05, 4.69) is 0 Å². The average molecular weight is 119 g/mol. The summed E-state index contributed by atoms with van der Waals surface area (Å²) in [6.07, 6.45) is -0.312. The monoisotopic (exact) mass is 119 g/mol. The molecule has 4 heteroatoms. The summed E-state index contributed by atoms with van der Waals surface area (Å²) in [6, 6.07) is 0. The molecule has 0 heterocycles. The minimum absolute atomic E-state index is 0.141. The Morgan fingerprint density at radius 1 is 1.88 bits per heavy atom. The summed E-state index contributed by atoms with van der Waals surface area (Å²) in [5, 5.41) is 18.1. The molecule has 0 aromatic rings. The minimum Gasteiger partial charge on any atom is -0.393 e. The van der Waals surface area contributed by atoms with Crippen molar-refractivity contribution in [2.75, 3.05) is 6.54 Å². The van der Waals surface area contributed by atoms with E-state index >= 15 is 0 Å². The highest BCUT2D eigenvalue weighted by atomic mass is 16.6. The van der Waals surface area contributed by atoms with Crippen molar-refractivity contribution >= 4 is 0 Å². The van der Waals surface area contributed by atoms with E-state index in [0.29, 0.717) is 0 Å². The Balaban J connectivity index is 3.05. The normalized spacial score (nSPS) is 13.2. The molecule has 0 unspecified atom stereocenters. The van der Waals surface area contributed by atoms with E-state index in [-0.39, 0.29) is 13.0 Å². The van der Waals surface area contributed by atoms with Crippen LogP contribution < -0.4 is 0 Å². The van der Waals surface area contributed by atoms with E-state index in [1.165, 1.54) is 6.92 Å². The van der Waals surface area contributed by atoms with Crippen molar-refractivity contribution in [2.45, 2.75) is 19.4 Å². The fourth-order valence-electron chi connectivity index (χ4n) is 0.292. The average Bonchev–Trinajstić information content (AvgIpc) is 1.61. The van der Waals surface area contributed by atoms with Gasteiger partial charge in [-0.1, -0.05) is 0 Å². The Morgan fingerprint density at radius 2 is 2.38 bits per heavy atom. The van der Waals surface area contributed by atoms with E-state index < -0.39 is 11.0 Å². The van der Waals surface area contributed by atoms with Crippen molar-refractivity contribution in [1.29, 1.82) is 0 Å². The van der Waals surface area contributed by atoms with Gasteiger partial charge in [-0.15, -0.1) is 0 Å². The molecular formula is C4H9NO3. The smallest absolute Gasteiger partial charge is 0.206 e. The number of rotatable bonds is 3. The predicted molar refractivity (Wildman–Crippen MR) is 28.2 cm³/mol. The van der Waals surface area contributed by atoms with Crippen LogP contribution in [0.5, 0.6) is 0 Å². The second-order valence-corrected chi connectivity index (χ2v) is 1.69. The maximum atomic E-state index is 9.60. The Hall–Kier alpha value is -0.640. The van der Waals surface area contributed by atoms with Crippen molar-refractivity contribution < 1.29 is 10.0 Å². The van der Waals surface area contributed by atoms with Crippen LogP contribution in [0.2, 0.25) is 0 Å². The third-order valence-corrected chi connectivity index (χ3v) is 0.729. The number of nitrogens with zero attached hydrogens (tertiary/aromatic N) is 1. The summed E-state index contributed by atoms with van der Waals surface area (Å²) >= 11 is 0. The number of hydrogen-bond donors (Lipinski definition) is 1. The number of nitro groups is 1. The lowest BCUT2D eigenvalue weighted by molar-refractivity contribution is -0.481. The molecule has 0 aliphatic rings. The minimum atomic E-state index is -0.555. The molecule has 8 heavy (non-hydrogen) atoms. The zero-order valence-electron chi connectivity index (χ0n) is 4.70. The number of aliphatic hydroxyl groups excluding tert-OH is 1. The zero-order chi connectivity index (χ0) is 6.57. The van der Waals surface area contributed by atoms with Gasteiger partial charge in [-0.05, 0) is 6.92 Å². The molecule has 0 radical (unpaired) electrons. The van der Waals surface area contributed by atoms with Crippen LogP contribution in [0.3, 0.4) is 0 Å². The molecular weight excluding hydrogens is 110 g/mol. The fraction of sp³-hybridized carbons (Fsp3) is 1.00. The number of aliphatic hydroxyl groups is 1. The highest BCUT2D eigenvalue weighted by Crippen LogP contribution is 1.87. The van der Waals surface area contributed by atoms with Crippen molar-refractivity contribution in [2.24, 2.45) is 0 Å². The van der Waals surface area contributed by atoms with Gasteiger partial charge >= 0.3 is 0 Å². The summed E-state index contributed by atoms with van der Waals surface area (Å²) in [5.74, 6) is 0. The van der Waals surface area contributed by atoms with Crippen LogP contribution in [0.15, 0.2) is 0 Å². The molecule has 48 valence electrons. The Morgan fingerprint density at radius 3 is 2.50 bits per heavy atom. The number of hydrogen-bond acceptors (Lipinski definition) is 3. The van der Waals surface area contributed by atoms with E-state index in [9.17, 15) is 10.1 Å². The van der Waals surface area contributed by atoms with E-state index in [1.54, 1.807) is 0 Å². The third kappa shape index (κ3) is 5.36. The van der Waals surface area contributed by atoms with Crippen LogP contribution in [0, 0.1) is 10.1 Å². The summed E-state index contributed by atoms with van der Waals surface area (Å²) in [7, 11) is 0. The Labute approximate surface area is 47.3 Å². The van der Waals surface area contributed by atoms with Crippen molar-refractivity contribution in [3.8, 4) is 0 Å². The Kier molecular flexibility index (Phi) is 3.10. The molecule has 1 atom stereocenters. The second kappa shape index (κ2) is 3.37. The van der Waals surface area contributed by atoms with E-state index in [4.69, 9.17) is 5.11 Å². The molecule has 0 aliphatic heterocycles.